The predicted molar refractivity (Wildman–Crippen MR) is 114 cm³/mol. The lowest BCUT2D eigenvalue weighted by atomic mass is 10.2. The molecule has 2 aromatic rings. The van der Waals surface area contributed by atoms with Crippen LogP contribution in [-0.2, 0) is 12.8 Å². The first kappa shape index (κ1) is 15.7. The van der Waals surface area contributed by atoms with Gasteiger partial charge in [-0.2, -0.15) is 0 Å². The third kappa shape index (κ3) is 3.08. The molecule has 0 atom stereocenters. The maximum Gasteiger partial charge on any atom is 0.0384 e. The molecule has 0 bridgehead atoms. The van der Waals surface area contributed by atoms with Crippen LogP contribution in [-0.4, -0.2) is 13.1 Å². The second kappa shape index (κ2) is 6.60. The summed E-state index contributed by atoms with van der Waals surface area (Å²) in [5.74, 6) is 0. The fourth-order valence-electron chi connectivity index (χ4n) is 2.81. The standard InChI is InChI=1S/C16H14I2N2S2/c17-11-7-13-9(1-3-19-13)5-15(11)21-22-16-6-10-2-4-20-14(10)8-12(16)18/h5-8,19-20H,1-4H2. The summed E-state index contributed by atoms with van der Waals surface area (Å²) in [6.45, 7) is 2.14. The van der Waals surface area contributed by atoms with Gasteiger partial charge in [-0.25, -0.2) is 0 Å². The van der Waals surface area contributed by atoms with Gasteiger partial charge in [0.15, 0.2) is 0 Å². The number of hydrogen-bond donors (Lipinski definition) is 2. The summed E-state index contributed by atoms with van der Waals surface area (Å²) in [6, 6.07) is 9.28. The molecule has 4 rings (SSSR count). The van der Waals surface area contributed by atoms with Crippen LogP contribution in [0.5, 0.6) is 0 Å². The van der Waals surface area contributed by atoms with E-state index >= 15 is 0 Å². The van der Waals surface area contributed by atoms with Crippen molar-refractivity contribution in [1.29, 1.82) is 0 Å². The lowest BCUT2D eigenvalue weighted by Crippen LogP contribution is -1.91. The van der Waals surface area contributed by atoms with Crippen LogP contribution >= 0.6 is 66.8 Å². The van der Waals surface area contributed by atoms with Gasteiger partial charge in [-0.05, 0) is 93.4 Å². The van der Waals surface area contributed by atoms with Gasteiger partial charge in [0.05, 0.1) is 0 Å². The van der Waals surface area contributed by atoms with Crippen molar-refractivity contribution in [3.8, 4) is 0 Å². The van der Waals surface area contributed by atoms with Crippen LogP contribution in [0.15, 0.2) is 34.1 Å². The zero-order valence-electron chi connectivity index (χ0n) is 11.7. The molecule has 0 spiro atoms. The minimum atomic E-state index is 1.07. The molecule has 6 heteroatoms. The van der Waals surface area contributed by atoms with Gasteiger partial charge >= 0.3 is 0 Å². The summed E-state index contributed by atoms with van der Waals surface area (Å²) in [4.78, 5) is 2.75. The highest BCUT2D eigenvalue weighted by atomic mass is 127. The second-order valence-electron chi connectivity index (χ2n) is 5.40. The maximum absolute atomic E-state index is 3.45. The molecular formula is C16H14I2N2S2. The smallest absolute Gasteiger partial charge is 0.0384 e. The summed E-state index contributed by atoms with van der Waals surface area (Å²) in [7, 11) is 3.76. The Kier molecular flexibility index (Phi) is 4.71. The first-order valence-corrected chi connectivity index (χ1v) is 11.5. The van der Waals surface area contributed by atoms with Gasteiger partial charge < -0.3 is 10.6 Å². The zero-order chi connectivity index (χ0) is 15.1. The van der Waals surface area contributed by atoms with E-state index in [1.54, 1.807) is 0 Å². The van der Waals surface area contributed by atoms with E-state index in [0.717, 1.165) is 25.9 Å². The molecular weight excluding hydrogens is 538 g/mol. The molecule has 0 unspecified atom stereocenters. The Morgan fingerprint density at radius 2 is 1.18 bits per heavy atom. The van der Waals surface area contributed by atoms with Gasteiger partial charge in [0.1, 0.15) is 0 Å². The summed E-state index contributed by atoms with van der Waals surface area (Å²) in [6.07, 6.45) is 2.29. The van der Waals surface area contributed by atoms with Crippen molar-refractivity contribution < 1.29 is 0 Å². The van der Waals surface area contributed by atoms with Gasteiger partial charge in [0, 0.05) is 41.4 Å². The van der Waals surface area contributed by atoms with Crippen LogP contribution in [0.2, 0.25) is 0 Å². The van der Waals surface area contributed by atoms with E-state index in [-0.39, 0.29) is 0 Å². The molecule has 0 aliphatic carbocycles. The molecule has 2 aromatic carbocycles. The third-order valence-electron chi connectivity index (χ3n) is 3.96. The Bertz CT molecular complexity index is 686. The van der Waals surface area contributed by atoms with Crippen LogP contribution < -0.4 is 10.6 Å². The maximum atomic E-state index is 3.45. The normalized spacial score (nSPS) is 15.2. The number of nitrogens with one attached hydrogen (secondary N) is 2. The zero-order valence-corrected chi connectivity index (χ0v) is 17.7. The number of halogens is 2. The molecule has 2 heterocycles. The molecule has 22 heavy (non-hydrogen) atoms. The van der Waals surface area contributed by atoms with Crippen molar-refractivity contribution in [2.75, 3.05) is 23.7 Å². The van der Waals surface area contributed by atoms with Crippen molar-refractivity contribution in [3.63, 3.8) is 0 Å². The summed E-state index contributed by atoms with van der Waals surface area (Å²) in [5, 5.41) is 6.90. The van der Waals surface area contributed by atoms with Crippen LogP contribution in [0.1, 0.15) is 11.1 Å². The minimum absolute atomic E-state index is 1.07. The van der Waals surface area contributed by atoms with E-state index in [0.29, 0.717) is 0 Å². The number of fused-ring (bicyclic) bond motifs is 2. The van der Waals surface area contributed by atoms with E-state index in [1.807, 2.05) is 21.6 Å². The SMILES string of the molecule is Ic1cc2c(cc1SSc1cc3c(cc1I)NCC3)CCN2. The average molecular weight is 552 g/mol. The van der Waals surface area contributed by atoms with Gasteiger partial charge in [-0.1, -0.05) is 21.6 Å². The molecule has 0 saturated heterocycles. The van der Waals surface area contributed by atoms with Crippen molar-refractivity contribution in [2.24, 2.45) is 0 Å². The van der Waals surface area contributed by atoms with Crippen LogP contribution in [0.3, 0.4) is 0 Å². The lowest BCUT2D eigenvalue weighted by molar-refractivity contribution is 1.10. The van der Waals surface area contributed by atoms with Crippen molar-refractivity contribution in [1.82, 2.24) is 0 Å². The molecule has 0 radical (unpaired) electrons. The number of hydrogen-bond acceptors (Lipinski definition) is 4. The Labute approximate surface area is 165 Å². The van der Waals surface area contributed by atoms with Crippen molar-refractivity contribution in [3.05, 3.63) is 42.5 Å². The Morgan fingerprint density at radius 1 is 0.727 bits per heavy atom. The molecule has 2 nitrogen and oxygen atoms in total. The molecule has 0 amide bonds. The quantitative estimate of drug-likeness (QED) is 0.381. The van der Waals surface area contributed by atoms with E-state index in [4.69, 9.17) is 0 Å². The summed E-state index contributed by atoms with van der Waals surface area (Å²) in [5.41, 5.74) is 5.54. The van der Waals surface area contributed by atoms with E-state index < -0.39 is 0 Å². The van der Waals surface area contributed by atoms with Gasteiger partial charge in [0.2, 0.25) is 0 Å². The first-order valence-electron chi connectivity index (χ1n) is 7.18. The first-order chi connectivity index (χ1) is 10.7. The Balaban J connectivity index is 1.56. The van der Waals surface area contributed by atoms with Crippen LogP contribution in [0.4, 0.5) is 11.4 Å². The number of benzene rings is 2. The minimum Gasteiger partial charge on any atom is -0.384 e. The topological polar surface area (TPSA) is 24.1 Å². The molecule has 2 N–H and O–H groups in total. The fourth-order valence-corrected chi connectivity index (χ4v) is 7.51. The monoisotopic (exact) mass is 552 g/mol. The van der Waals surface area contributed by atoms with Crippen LogP contribution in [0, 0.1) is 7.14 Å². The second-order valence-corrected chi connectivity index (χ2v) is 9.94. The predicted octanol–water partition coefficient (Wildman–Crippen LogP) is 5.63. The molecule has 0 saturated carbocycles. The largest absolute Gasteiger partial charge is 0.384 e. The number of anilines is 2. The highest BCUT2D eigenvalue weighted by molar-refractivity contribution is 14.1. The highest BCUT2D eigenvalue weighted by Gasteiger charge is 2.16. The van der Waals surface area contributed by atoms with E-state index in [9.17, 15) is 0 Å². The van der Waals surface area contributed by atoms with Gasteiger partial charge in [-0.15, -0.1) is 0 Å². The number of rotatable bonds is 3. The van der Waals surface area contributed by atoms with Crippen molar-refractivity contribution in [2.45, 2.75) is 22.6 Å². The summed E-state index contributed by atoms with van der Waals surface area (Å²) < 4.78 is 2.67. The summed E-state index contributed by atoms with van der Waals surface area (Å²) >= 11 is 4.90. The molecule has 0 fully saturated rings. The highest BCUT2D eigenvalue weighted by Crippen LogP contribution is 2.44. The van der Waals surface area contributed by atoms with Gasteiger partial charge in [0.25, 0.3) is 0 Å². The van der Waals surface area contributed by atoms with E-state index in [1.165, 1.54) is 39.4 Å². The molecule has 2 aliphatic heterocycles. The molecule has 2 aliphatic rings. The van der Waals surface area contributed by atoms with E-state index in [2.05, 4.69) is 80.1 Å². The Hall–Kier alpha value is 0.200. The Morgan fingerprint density at radius 3 is 1.64 bits per heavy atom. The van der Waals surface area contributed by atoms with Gasteiger partial charge in [-0.3, -0.25) is 0 Å². The molecule has 114 valence electrons. The lowest BCUT2D eigenvalue weighted by Gasteiger charge is -2.10. The third-order valence-corrected chi connectivity index (χ3v) is 8.92. The van der Waals surface area contributed by atoms with Crippen LogP contribution in [0.25, 0.3) is 0 Å². The van der Waals surface area contributed by atoms with Crippen molar-refractivity contribution >= 4 is 78.1 Å². The fraction of sp³-hybridized carbons (Fsp3) is 0.250. The molecule has 0 aromatic heterocycles. The average Bonchev–Trinajstić information content (AvgIpc) is 3.12.